The van der Waals surface area contributed by atoms with Crippen LogP contribution in [0.15, 0.2) is 30.0 Å². The molecule has 1 aliphatic carbocycles. The molecule has 0 bridgehead atoms. The molecule has 6 nitrogen and oxygen atoms in total. The summed E-state index contributed by atoms with van der Waals surface area (Å²) in [5, 5.41) is 16.8. The van der Waals surface area contributed by atoms with Gasteiger partial charge in [0.1, 0.15) is 0 Å². The number of rotatable bonds is 4. The van der Waals surface area contributed by atoms with E-state index in [9.17, 15) is 14.9 Å². The van der Waals surface area contributed by atoms with E-state index < -0.39 is 4.92 Å². The molecule has 0 atom stereocenters. The molecular formula is C14H17N3O3. The molecule has 1 aromatic rings. The van der Waals surface area contributed by atoms with E-state index in [1.165, 1.54) is 12.1 Å². The van der Waals surface area contributed by atoms with Gasteiger partial charge < -0.3 is 10.6 Å². The number of nitro groups is 1. The van der Waals surface area contributed by atoms with E-state index in [2.05, 4.69) is 10.6 Å². The first-order valence-corrected chi connectivity index (χ1v) is 6.57. The Morgan fingerprint density at radius 1 is 1.25 bits per heavy atom. The number of non-ortho nitro benzene ring substituents is 1. The third-order valence-electron chi connectivity index (χ3n) is 3.34. The number of nitrogens with zero attached hydrogens (tertiary/aromatic N) is 1. The second-order valence-electron chi connectivity index (χ2n) is 4.68. The van der Waals surface area contributed by atoms with Crippen molar-refractivity contribution >= 4 is 22.8 Å². The zero-order chi connectivity index (χ0) is 14.5. The largest absolute Gasteiger partial charge is 0.386 e. The van der Waals surface area contributed by atoms with Crippen molar-refractivity contribution in [1.82, 2.24) is 0 Å². The Morgan fingerprint density at radius 2 is 2.00 bits per heavy atom. The lowest BCUT2D eigenvalue weighted by Crippen LogP contribution is -2.10. The smallest absolute Gasteiger partial charge is 0.271 e. The van der Waals surface area contributed by atoms with Crippen molar-refractivity contribution in [3.63, 3.8) is 0 Å². The average molecular weight is 275 g/mol. The summed E-state index contributed by atoms with van der Waals surface area (Å²) >= 11 is 0. The van der Waals surface area contributed by atoms with E-state index in [0.717, 1.165) is 30.5 Å². The highest BCUT2D eigenvalue weighted by molar-refractivity contribution is 5.96. The number of allylic oxidation sites excluding steroid dienone is 1. The normalized spacial score (nSPS) is 17.1. The highest BCUT2D eigenvalue weighted by Gasteiger charge is 2.15. The number of nitrogens with one attached hydrogen (secondary N) is 2. The van der Waals surface area contributed by atoms with Gasteiger partial charge in [-0.1, -0.05) is 0 Å². The number of ketones is 1. The maximum Gasteiger partial charge on any atom is 0.271 e. The monoisotopic (exact) mass is 275 g/mol. The average Bonchev–Trinajstić information content (AvgIpc) is 2.46. The van der Waals surface area contributed by atoms with Gasteiger partial charge in [0.25, 0.3) is 5.69 Å². The fourth-order valence-corrected chi connectivity index (χ4v) is 2.20. The van der Waals surface area contributed by atoms with Gasteiger partial charge in [0.2, 0.25) is 0 Å². The summed E-state index contributed by atoms with van der Waals surface area (Å²) in [7, 11) is 1.74. The Kier molecular flexibility index (Phi) is 4.34. The van der Waals surface area contributed by atoms with Gasteiger partial charge >= 0.3 is 0 Å². The van der Waals surface area contributed by atoms with Crippen LogP contribution in [0.4, 0.5) is 17.1 Å². The van der Waals surface area contributed by atoms with E-state index in [0.29, 0.717) is 12.1 Å². The van der Waals surface area contributed by atoms with Crippen LogP contribution in [0, 0.1) is 10.1 Å². The highest BCUT2D eigenvalue weighted by Crippen LogP contribution is 2.27. The van der Waals surface area contributed by atoms with Crippen molar-refractivity contribution in [1.29, 1.82) is 0 Å². The van der Waals surface area contributed by atoms with Crippen molar-refractivity contribution in [3.05, 3.63) is 40.1 Å². The zero-order valence-electron chi connectivity index (χ0n) is 11.3. The van der Waals surface area contributed by atoms with E-state index in [-0.39, 0.29) is 11.5 Å². The van der Waals surface area contributed by atoms with Crippen LogP contribution in [0.5, 0.6) is 0 Å². The Morgan fingerprint density at radius 3 is 2.65 bits per heavy atom. The molecule has 0 saturated heterocycles. The molecule has 0 unspecified atom stereocenters. The summed E-state index contributed by atoms with van der Waals surface area (Å²) in [6, 6.07) is 4.54. The van der Waals surface area contributed by atoms with E-state index in [1.807, 2.05) is 0 Å². The second-order valence-corrected chi connectivity index (χ2v) is 4.68. The predicted octanol–water partition coefficient (Wildman–Crippen LogP) is 3.08. The van der Waals surface area contributed by atoms with Gasteiger partial charge in [-0.2, -0.15) is 0 Å². The van der Waals surface area contributed by atoms with Crippen molar-refractivity contribution in [3.8, 4) is 0 Å². The molecule has 0 aromatic heterocycles. The van der Waals surface area contributed by atoms with Gasteiger partial charge in [-0.15, -0.1) is 0 Å². The van der Waals surface area contributed by atoms with Crippen molar-refractivity contribution in [2.45, 2.75) is 25.7 Å². The molecule has 1 saturated carbocycles. The number of hydrogen-bond donors (Lipinski definition) is 2. The number of nitro benzene ring substituents is 1. The summed E-state index contributed by atoms with van der Waals surface area (Å²) in [6.45, 7) is 0. The molecule has 20 heavy (non-hydrogen) atoms. The molecule has 106 valence electrons. The third kappa shape index (κ3) is 3.14. The number of hydrogen-bond acceptors (Lipinski definition) is 5. The van der Waals surface area contributed by atoms with Gasteiger partial charge in [-0.25, -0.2) is 0 Å². The number of anilines is 2. The topological polar surface area (TPSA) is 84.3 Å². The number of benzene rings is 1. The minimum Gasteiger partial charge on any atom is -0.386 e. The summed E-state index contributed by atoms with van der Waals surface area (Å²) in [5.41, 5.74) is 2.10. The Bertz CT molecular complexity index is 567. The minimum atomic E-state index is -0.441. The first-order chi connectivity index (χ1) is 9.61. The van der Waals surface area contributed by atoms with Crippen LogP contribution in [-0.2, 0) is 4.79 Å². The van der Waals surface area contributed by atoms with E-state index in [4.69, 9.17) is 0 Å². The van der Waals surface area contributed by atoms with E-state index in [1.54, 1.807) is 19.3 Å². The molecule has 2 N–H and O–H groups in total. The molecule has 1 aliphatic rings. The molecule has 0 aliphatic heterocycles. The Hall–Kier alpha value is -2.37. The predicted molar refractivity (Wildman–Crippen MR) is 77.8 cm³/mol. The summed E-state index contributed by atoms with van der Waals surface area (Å²) < 4.78 is 0. The van der Waals surface area contributed by atoms with Crippen molar-refractivity contribution < 1.29 is 9.72 Å². The number of carbonyl (C=O) groups is 1. The van der Waals surface area contributed by atoms with Crippen LogP contribution in [0.1, 0.15) is 25.7 Å². The molecule has 6 heteroatoms. The van der Waals surface area contributed by atoms with Crippen LogP contribution in [-0.4, -0.2) is 17.8 Å². The standard InChI is InChI=1S/C14H17N3O3/c1-15-12-7-6-11(17(19)20)8-13(12)16-9-10-4-2-3-5-14(10)18/h6-9,15-16H,2-5H2,1H3/b10-9+. The quantitative estimate of drug-likeness (QED) is 0.501. The molecule has 1 fully saturated rings. The van der Waals surface area contributed by atoms with Crippen LogP contribution in [0.2, 0.25) is 0 Å². The van der Waals surface area contributed by atoms with Gasteiger partial charge in [-0.05, 0) is 25.3 Å². The lowest BCUT2D eigenvalue weighted by atomic mass is 9.94. The van der Waals surface area contributed by atoms with Gasteiger partial charge in [0.15, 0.2) is 5.78 Å². The molecule has 0 spiro atoms. The Balaban J connectivity index is 2.23. The second kappa shape index (κ2) is 6.18. The zero-order valence-corrected chi connectivity index (χ0v) is 11.3. The van der Waals surface area contributed by atoms with Gasteiger partial charge in [0.05, 0.1) is 16.3 Å². The molecule has 2 rings (SSSR count). The Labute approximate surface area is 117 Å². The SMILES string of the molecule is CNc1ccc([N+](=O)[O-])cc1N/C=C1\CCCCC1=O. The summed E-state index contributed by atoms with van der Waals surface area (Å²) in [6.07, 6.45) is 4.96. The molecule has 0 amide bonds. The molecular weight excluding hydrogens is 258 g/mol. The fraction of sp³-hybridized carbons (Fsp3) is 0.357. The van der Waals surface area contributed by atoms with Crippen molar-refractivity contribution in [2.75, 3.05) is 17.7 Å². The summed E-state index contributed by atoms with van der Waals surface area (Å²) in [4.78, 5) is 22.1. The van der Waals surface area contributed by atoms with Gasteiger partial charge in [-0.3, -0.25) is 14.9 Å². The maximum atomic E-state index is 11.7. The van der Waals surface area contributed by atoms with Crippen molar-refractivity contribution in [2.24, 2.45) is 0 Å². The first kappa shape index (κ1) is 14.0. The molecule has 1 aromatic carbocycles. The minimum absolute atomic E-state index is 0.0138. The lowest BCUT2D eigenvalue weighted by Gasteiger charge is -2.14. The molecule has 0 radical (unpaired) electrons. The first-order valence-electron chi connectivity index (χ1n) is 6.57. The van der Waals surface area contributed by atoms with Crippen LogP contribution < -0.4 is 10.6 Å². The highest BCUT2D eigenvalue weighted by atomic mass is 16.6. The third-order valence-corrected chi connectivity index (χ3v) is 3.34. The summed E-state index contributed by atoms with van der Waals surface area (Å²) in [5.74, 6) is 0.153. The van der Waals surface area contributed by atoms with E-state index >= 15 is 0 Å². The number of carbonyl (C=O) groups excluding carboxylic acids is 1. The van der Waals surface area contributed by atoms with Crippen LogP contribution in [0.25, 0.3) is 0 Å². The van der Waals surface area contributed by atoms with Crippen LogP contribution >= 0.6 is 0 Å². The fourth-order valence-electron chi connectivity index (χ4n) is 2.20. The maximum absolute atomic E-state index is 11.7. The van der Waals surface area contributed by atoms with Crippen LogP contribution in [0.3, 0.4) is 0 Å². The number of Topliss-reactive ketones (excluding diaryl/α,β-unsaturated/α-hetero) is 1. The lowest BCUT2D eigenvalue weighted by molar-refractivity contribution is -0.384. The van der Waals surface area contributed by atoms with Gasteiger partial charge in [0, 0.05) is 37.4 Å². The molecule has 0 heterocycles.